The van der Waals surface area contributed by atoms with Crippen molar-refractivity contribution in [3.05, 3.63) is 24.3 Å². The molecule has 2 N–H and O–H groups in total. The molecule has 0 unspecified atom stereocenters. The first kappa shape index (κ1) is 13.1. The quantitative estimate of drug-likeness (QED) is 0.823. The lowest BCUT2D eigenvalue weighted by Crippen LogP contribution is -2.25. The summed E-state index contributed by atoms with van der Waals surface area (Å²) in [6.07, 6.45) is 2.67. The molecule has 0 radical (unpaired) electrons. The van der Waals surface area contributed by atoms with Crippen LogP contribution >= 0.6 is 12.4 Å². The molecule has 1 aromatic carbocycles. The van der Waals surface area contributed by atoms with Gasteiger partial charge < -0.3 is 10.5 Å². The number of nitrogens with two attached hydrogens (primary N) is 1. The van der Waals surface area contributed by atoms with Crippen molar-refractivity contribution in [1.82, 2.24) is 4.90 Å². The fourth-order valence-corrected chi connectivity index (χ4v) is 1.86. The summed E-state index contributed by atoms with van der Waals surface area (Å²) in [7, 11) is 0. The third-order valence-electron chi connectivity index (χ3n) is 2.76. The molecule has 1 aromatic rings. The molecule has 0 saturated carbocycles. The average Bonchev–Trinajstić information content (AvgIpc) is 2.74. The Hall–Kier alpha value is -0.930. The first-order valence-corrected chi connectivity index (χ1v) is 5.55. The molecule has 1 aliphatic heterocycles. The Balaban J connectivity index is 0.00000128. The van der Waals surface area contributed by atoms with E-state index in [0.29, 0.717) is 0 Å². The fraction of sp³-hybridized carbons (Fsp3) is 0.500. The van der Waals surface area contributed by atoms with Crippen LogP contribution in [0.15, 0.2) is 24.3 Å². The van der Waals surface area contributed by atoms with Crippen LogP contribution in [-0.4, -0.2) is 31.1 Å². The van der Waals surface area contributed by atoms with E-state index in [1.165, 1.54) is 25.9 Å². The van der Waals surface area contributed by atoms with Gasteiger partial charge in [-0.1, -0.05) is 0 Å². The minimum Gasteiger partial charge on any atom is -0.492 e. The van der Waals surface area contributed by atoms with Gasteiger partial charge in [0.15, 0.2) is 0 Å². The van der Waals surface area contributed by atoms with Crippen LogP contribution in [0.1, 0.15) is 12.8 Å². The van der Waals surface area contributed by atoms with Gasteiger partial charge in [-0.15, -0.1) is 12.4 Å². The summed E-state index contributed by atoms with van der Waals surface area (Å²) in [6.45, 7) is 4.25. The third kappa shape index (κ3) is 3.91. The van der Waals surface area contributed by atoms with Gasteiger partial charge in [-0.05, 0) is 50.2 Å². The molecule has 1 aliphatic rings. The maximum atomic E-state index is 5.63. The van der Waals surface area contributed by atoms with E-state index < -0.39 is 0 Å². The minimum absolute atomic E-state index is 0. The number of halogens is 1. The molecule has 0 spiro atoms. The Morgan fingerprint density at radius 3 is 2.38 bits per heavy atom. The maximum Gasteiger partial charge on any atom is 0.119 e. The number of hydrogen-bond donors (Lipinski definition) is 1. The van der Waals surface area contributed by atoms with Crippen LogP contribution in [0.3, 0.4) is 0 Å². The largest absolute Gasteiger partial charge is 0.492 e. The Morgan fingerprint density at radius 1 is 1.12 bits per heavy atom. The SMILES string of the molecule is Cl.Nc1ccc(OCCN2CCCC2)cc1. The minimum atomic E-state index is 0. The highest BCUT2D eigenvalue weighted by molar-refractivity contribution is 5.85. The summed E-state index contributed by atoms with van der Waals surface area (Å²) in [5, 5.41) is 0. The first-order valence-electron chi connectivity index (χ1n) is 5.55. The summed E-state index contributed by atoms with van der Waals surface area (Å²) in [5.41, 5.74) is 6.37. The van der Waals surface area contributed by atoms with E-state index in [4.69, 9.17) is 10.5 Å². The van der Waals surface area contributed by atoms with Gasteiger partial charge in [-0.25, -0.2) is 0 Å². The van der Waals surface area contributed by atoms with Crippen molar-refractivity contribution in [3.8, 4) is 5.75 Å². The van der Waals surface area contributed by atoms with Crippen molar-refractivity contribution in [2.24, 2.45) is 0 Å². The van der Waals surface area contributed by atoms with Gasteiger partial charge in [-0.3, -0.25) is 4.90 Å². The van der Waals surface area contributed by atoms with E-state index in [-0.39, 0.29) is 12.4 Å². The second-order valence-corrected chi connectivity index (χ2v) is 3.97. The second kappa shape index (κ2) is 6.61. The summed E-state index contributed by atoms with van der Waals surface area (Å²) >= 11 is 0. The molecule has 16 heavy (non-hydrogen) atoms. The molecule has 0 atom stereocenters. The standard InChI is InChI=1S/C12H18N2O.ClH/c13-11-3-5-12(6-4-11)15-10-9-14-7-1-2-8-14;/h3-6H,1-2,7-10,13H2;1H. The van der Waals surface area contributed by atoms with Gasteiger partial charge >= 0.3 is 0 Å². The molecule has 90 valence electrons. The zero-order valence-electron chi connectivity index (χ0n) is 9.39. The molecular weight excluding hydrogens is 224 g/mol. The van der Waals surface area contributed by atoms with Crippen LogP contribution in [-0.2, 0) is 0 Å². The van der Waals surface area contributed by atoms with Gasteiger partial charge in [0.05, 0.1) is 0 Å². The number of benzene rings is 1. The van der Waals surface area contributed by atoms with E-state index >= 15 is 0 Å². The van der Waals surface area contributed by atoms with Crippen molar-refractivity contribution in [2.75, 3.05) is 32.0 Å². The number of nitrogens with zero attached hydrogens (tertiary/aromatic N) is 1. The number of likely N-dealkylation sites (tertiary alicyclic amines) is 1. The lowest BCUT2D eigenvalue weighted by Gasteiger charge is -2.14. The van der Waals surface area contributed by atoms with Gasteiger partial charge in [0, 0.05) is 12.2 Å². The Bertz CT molecular complexity index is 296. The molecule has 1 heterocycles. The number of ether oxygens (including phenoxy) is 1. The van der Waals surface area contributed by atoms with Gasteiger partial charge in [0.2, 0.25) is 0 Å². The van der Waals surface area contributed by atoms with Crippen LogP contribution < -0.4 is 10.5 Å². The summed E-state index contributed by atoms with van der Waals surface area (Å²) in [4.78, 5) is 2.44. The summed E-state index contributed by atoms with van der Waals surface area (Å²) < 4.78 is 5.63. The molecule has 4 heteroatoms. The normalized spacial score (nSPS) is 15.8. The first-order chi connectivity index (χ1) is 7.34. The predicted molar refractivity (Wildman–Crippen MR) is 69.3 cm³/mol. The smallest absolute Gasteiger partial charge is 0.119 e. The van der Waals surface area contributed by atoms with Gasteiger partial charge in [0.25, 0.3) is 0 Å². The molecular formula is C12H19ClN2O. The van der Waals surface area contributed by atoms with Crippen LogP contribution in [0.5, 0.6) is 5.75 Å². The van der Waals surface area contributed by atoms with E-state index in [0.717, 1.165) is 24.6 Å². The Morgan fingerprint density at radius 2 is 1.75 bits per heavy atom. The lowest BCUT2D eigenvalue weighted by molar-refractivity contribution is 0.238. The molecule has 0 aliphatic carbocycles. The van der Waals surface area contributed by atoms with Crippen molar-refractivity contribution >= 4 is 18.1 Å². The van der Waals surface area contributed by atoms with Crippen molar-refractivity contribution < 1.29 is 4.74 Å². The second-order valence-electron chi connectivity index (χ2n) is 3.97. The maximum absolute atomic E-state index is 5.63. The van der Waals surface area contributed by atoms with E-state index in [9.17, 15) is 0 Å². The monoisotopic (exact) mass is 242 g/mol. The highest BCUT2D eigenvalue weighted by atomic mass is 35.5. The molecule has 1 saturated heterocycles. The highest BCUT2D eigenvalue weighted by Crippen LogP contribution is 2.13. The third-order valence-corrected chi connectivity index (χ3v) is 2.76. The number of hydrogen-bond acceptors (Lipinski definition) is 3. The van der Waals surface area contributed by atoms with Crippen molar-refractivity contribution in [1.29, 1.82) is 0 Å². The van der Waals surface area contributed by atoms with Crippen LogP contribution in [0.2, 0.25) is 0 Å². The zero-order chi connectivity index (χ0) is 10.5. The number of anilines is 1. The molecule has 1 fully saturated rings. The van der Waals surface area contributed by atoms with Crippen LogP contribution in [0, 0.1) is 0 Å². The highest BCUT2D eigenvalue weighted by Gasteiger charge is 2.10. The van der Waals surface area contributed by atoms with E-state index in [2.05, 4.69) is 4.90 Å². The lowest BCUT2D eigenvalue weighted by atomic mass is 10.3. The molecule has 0 bridgehead atoms. The number of nitrogen functional groups attached to an aromatic ring is 1. The Labute approximate surface area is 103 Å². The summed E-state index contributed by atoms with van der Waals surface area (Å²) in [6, 6.07) is 7.56. The van der Waals surface area contributed by atoms with Gasteiger partial charge in [-0.2, -0.15) is 0 Å². The number of rotatable bonds is 4. The van der Waals surface area contributed by atoms with E-state index in [1.54, 1.807) is 0 Å². The fourth-order valence-electron chi connectivity index (χ4n) is 1.86. The van der Waals surface area contributed by atoms with Crippen LogP contribution in [0.4, 0.5) is 5.69 Å². The van der Waals surface area contributed by atoms with E-state index in [1.807, 2.05) is 24.3 Å². The van der Waals surface area contributed by atoms with Crippen molar-refractivity contribution in [2.45, 2.75) is 12.8 Å². The van der Waals surface area contributed by atoms with Gasteiger partial charge in [0.1, 0.15) is 12.4 Å². The Kier molecular flexibility index (Phi) is 5.43. The van der Waals surface area contributed by atoms with Crippen LogP contribution in [0.25, 0.3) is 0 Å². The molecule has 2 rings (SSSR count). The topological polar surface area (TPSA) is 38.5 Å². The molecule has 3 nitrogen and oxygen atoms in total. The average molecular weight is 243 g/mol. The predicted octanol–water partition coefficient (Wildman–Crippen LogP) is 2.17. The molecule has 0 aromatic heterocycles. The summed E-state index contributed by atoms with van der Waals surface area (Å²) in [5.74, 6) is 0.906. The zero-order valence-corrected chi connectivity index (χ0v) is 10.2. The molecule has 0 amide bonds. The van der Waals surface area contributed by atoms with Crippen molar-refractivity contribution in [3.63, 3.8) is 0 Å².